The van der Waals surface area contributed by atoms with E-state index in [1.54, 1.807) is 6.92 Å². The molecule has 0 aromatic heterocycles. The maximum absolute atomic E-state index is 10.9. The van der Waals surface area contributed by atoms with Gasteiger partial charge < -0.3 is 11.1 Å². The molecule has 0 aliphatic rings. The van der Waals surface area contributed by atoms with Crippen molar-refractivity contribution in [2.45, 2.75) is 26.2 Å². The lowest BCUT2D eigenvalue weighted by Gasteiger charge is -2.03. The first-order valence-electron chi connectivity index (χ1n) is 4.32. The normalized spacial score (nSPS) is 9.50. The molecule has 0 aliphatic heterocycles. The van der Waals surface area contributed by atoms with E-state index in [0.717, 1.165) is 32.4 Å². The minimum absolute atomic E-state index is 0.0530. The molecule has 0 aromatic carbocycles. The van der Waals surface area contributed by atoms with E-state index >= 15 is 0 Å². The van der Waals surface area contributed by atoms with Gasteiger partial charge in [-0.15, -0.1) is 0 Å². The van der Waals surface area contributed by atoms with Crippen molar-refractivity contribution in [1.29, 1.82) is 0 Å². The molecular formula is C9H18N2O. The van der Waals surface area contributed by atoms with E-state index in [1.165, 1.54) is 0 Å². The minimum atomic E-state index is -0.0530. The van der Waals surface area contributed by atoms with Gasteiger partial charge in [0.15, 0.2) is 0 Å². The molecule has 0 saturated heterocycles. The number of rotatable bonds is 6. The van der Waals surface area contributed by atoms with Crippen molar-refractivity contribution in [3.05, 3.63) is 12.2 Å². The van der Waals surface area contributed by atoms with Crippen molar-refractivity contribution in [2.24, 2.45) is 5.73 Å². The van der Waals surface area contributed by atoms with Crippen molar-refractivity contribution < 1.29 is 4.79 Å². The van der Waals surface area contributed by atoms with Crippen LogP contribution in [0.1, 0.15) is 26.2 Å². The van der Waals surface area contributed by atoms with Gasteiger partial charge in [-0.1, -0.05) is 13.0 Å². The Morgan fingerprint density at radius 3 is 2.58 bits per heavy atom. The third-order valence-corrected chi connectivity index (χ3v) is 1.55. The molecule has 1 amide bonds. The number of hydrogen-bond acceptors (Lipinski definition) is 2. The Kier molecular flexibility index (Phi) is 6.38. The van der Waals surface area contributed by atoms with Gasteiger partial charge in [-0.25, -0.2) is 0 Å². The van der Waals surface area contributed by atoms with Crippen LogP contribution in [0.5, 0.6) is 0 Å². The summed E-state index contributed by atoms with van der Waals surface area (Å²) in [6.45, 7) is 6.70. The van der Waals surface area contributed by atoms with E-state index in [4.69, 9.17) is 5.73 Å². The Morgan fingerprint density at radius 1 is 1.42 bits per heavy atom. The lowest BCUT2D eigenvalue weighted by Crippen LogP contribution is -2.24. The molecule has 0 rings (SSSR count). The van der Waals surface area contributed by atoms with Gasteiger partial charge in [0.1, 0.15) is 0 Å². The van der Waals surface area contributed by atoms with Crippen LogP contribution in [0.2, 0.25) is 0 Å². The van der Waals surface area contributed by atoms with Gasteiger partial charge in [0.05, 0.1) is 0 Å². The summed E-state index contributed by atoms with van der Waals surface area (Å²) < 4.78 is 0. The summed E-state index contributed by atoms with van der Waals surface area (Å²) in [7, 11) is 0. The Bertz CT molecular complexity index is 155. The lowest BCUT2D eigenvalue weighted by atomic mass is 10.2. The maximum Gasteiger partial charge on any atom is 0.246 e. The van der Waals surface area contributed by atoms with Gasteiger partial charge in [0.25, 0.3) is 0 Å². The van der Waals surface area contributed by atoms with Crippen LogP contribution < -0.4 is 11.1 Å². The maximum atomic E-state index is 10.9. The van der Waals surface area contributed by atoms with Gasteiger partial charge in [-0.05, 0) is 26.3 Å². The second-order valence-corrected chi connectivity index (χ2v) is 2.89. The number of carbonyl (C=O) groups is 1. The molecule has 0 heterocycles. The van der Waals surface area contributed by atoms with E-state index in [1.807, 2.05) is 0 Å². The first kappa shape index (κ1) is 11.2. The molecule has 0 atom stereocenters. The van der Waals surface area contributed by atoms with Crippen molar-refractivity contribution in [2.75, 3.05) is 13.1 Å². The number of nitrogens with one attached hydrogen (secondary N) is 1. The first-order chi connectivity index (χ1) is 5.68. The number of amides is 1. The van der Waals surface area contributed by atoms with E-state index in [-0.39, 0.29) is 5.91 Å². The smallest absolute Gasteiger partial charge is 0.246 e. The van der Waals surface area contributed by atoms with Gasteiger partial charge in [-0.2, -0.15) is 0 Å². The number of carbonyl (C=O) groups excluding carboxylic acids is 1. The Labute approximate surface area is 74.0 Å². The van der Waals surface area contributed by atoms with Crippen LogP contribution in [0.15, 0.2) is 12.2 Å². The first-order valence-corrected chi connectivity index (χ1v) is 4.32. The quantitative estimate of drug-likeness (QED) is 0.458. The third-order valence-electron chi connectivity index (χ3n) is 1.55. The third kappa shape index (κ3) is 5.92. The summed E-state index contributed by atoms with van der Waals surface area (Å²) >= 11 is 0. The van der Waals surface area contributed by atoms with Gasteiger partial charge in [0.2, 0.25) is 5.91 Å². The van der Waals surface area contributed by atoms with E-state index in [2.05, 4.69) is 11.9 Å². The lowest BCUT2D eigenvalue weighted by molar-refractivity contribution is -0.117. The standard InChI is InChI=1S/C9H18N2O/c1-8(2)9(12)11-7-5-3-4-6-10/h1,3-7,10H2,2H3,(H,11,12). The largest absolute Gasteiger partial charge is 0.352 e. The van der Waals surface area contributed by atoms with Crippen LogP contribution in [-0.4, -0.2) is 19.0 Å². The SMILES string of the molecule is C=C(C)C(=O)NCCCCCN. The molecule has 3 heteroatoms. The summed E-state index contributed by atoms with van der Waals surface area (Å²) in [4.78, 5) is 10.9. The van der Waals surface area contributed by atoms with Crippen LogP contribution >= 0.6 is 0 Å². The summed E-state index contributed by atoms with van der Waals surface area (Å²) in [6.07, 6.45) is 3.10. The van der Waals surface area contributed by atoms with E-state index < -0.39 is 0 Å². The highest BCUT2D eigenvalue weighted by atomic mass is 16.1. The Hall–Kier alpha value is -0.830. The van der Waals surface area contributed by atoms with Crippen LogP contribution in [-0.2, 0) is 4.79 Å². The summed E-state index contributed by atoms with van der Waals surface area (Å²) in [5.41, 5.74) is 5.88. The molecule has 0 spiro atoms. The Balaban J connectivity index is 3.20. The Morgan fingerprint density at radius 2 is 2.08 bits per heavy atom. The van der Waals surface area contributed by atoms with Crippen LogP contribution in [0.25, 0.3) is 0 Å². The molecule has 3 nitrogen and oxygen atoms in total. The molecule has 0 aromatic rings. The second kappa shape index (κ2) is 6.85. The van der Waals surface area contributed by atoms with Crippen molar-refractivity contribution in [3.8, 4) is 0 Å². The monoisotopic (exact) mass is 170 g/mol. The summed E-state index contributed by atoms with van der Waals surface area (Å²) in [5.74, 6) is -0.0530. The number of nitrogens with two attached hydrogens (primary N) is 1. The molecule has 3 N–H and O–H groups in total. The van der Waals surface area contributed by atoms with Crippen molar-refractivity contribution in [3.63, 3.8) is 0 Å². The van der Waals surface area contributed by atoms with Gasteiger partial charge in [-0.3, -0.25) is 4.79 Å². The zero-order valence-electron chi connectivity index (χ0n) is 7.73. The zero-order valence-corrected chi connectivity index (χ0v) is 7.73. The number of hydrogen-bond donors (Lipinski definition) is 2. The average molecular weight is 170 g/mol. The highest BCUT2D eigenvalue weighted by Gasteiger charge is 1.98. The van der Waals surface area contributed by atoms with Crippen LogP contribution in [0.4, 0.5) is 0 Å². The van der Waals surface area contributed by atoms with E-state index in [9.17, 15) is 4.79 Å². The zero-order chi connectivity index (χ0) is 9.40. The highest BCUT2D eigenvalue weighted by molar-refractivity contribution is 5.91. The van der Waals surface area contributed by atoms with Crippen molar-refractivity contribution >= 4 is 5.91 Å². The molecule has 0 saturated carbocycles. The van der Waals surface area contributed by atoms with Crippen LogP contribution in [0.3, 0.4) is 0 Å². The molecule has 0 fully saturated rings. The fraction of sp³-hybridized carbons (Fsp3) is 0.667. The van der Waals surface area contributed by atoms with Crippen LogP contribution in [0, 0.1) is 0 Å². The fourth-order valence-corrected chi connectivity index (χ4v) is 0.799. The average Bonchev–Trinajstić information content (AvgIpc) is 2.03. The topological polar surface area (TPSA) is 55.1 Å². The molecule has 12 heavy (non-hydrogen) atoms. The fourth-order valence-electron chi connectivity index (χ4n) is 0.799. The molecule has 0 radical (unpaired) electrons. The molecule has 0 bridgehead atoms. The minimum Gasteiger partial charge on any atom is -0.352 e. The van der Waals surface area contributed by atoms with Gasteiger partial charge in [0, 0.05) is 12.1 Å². The van der Waals surface area contributed by atoms with E-state index in [0.29, 0.717) is 5.57 Å². The van der Waals surface area contributed by atoms with Gasteiger partial charge >= 0.3 is 0 Å². The second-order valence-electron chi connectivity index (χ2n) is 2.89. The molecular weight excluding hydrogens is 152 g/mol. The summed E-state index contributed by atoms with van der Waals surface area (Å²) in [6, 6.07) is 0. The predicted octanol–water partition coefficient (Wildman–Crippen LogP) is 0.808. The summed E-state index contributed by atoms with van der Waals surface area (Å²) in [5, 5.41) is 2.76. The number of unbranched alkanes of at least 4 members (excludes halogenated alkanes) is 2. The highest BCUT2D eigenvalue weighted by Crippen LogP contribution is 1.92. The van der Waals surface area contributed by atoms with Crippen molar-refractivity contribution in [1.82, 2.24) is 5.32 Å². The molecule has 0 aliphatic carbocycles. The molecule has 0 unspecified atom stereocenters. The predicted molar refractivity (Wildman–Crippen MR) is 50.7 cm³/mol. The molecule has 70 valence electrons.